The summed E-state index contributed by atoms with van der Waals surface area (Å²) in [6.07, 6.45) is -0.117. The number of carbonyl (C=O) groups excluding carboxylic acids is 3. The van der Waals surface area contributed by atoms with Crippen molar-refractivity contribution in [3.05, 3.63) is 12.3 Å². The molecule has 0 spiro atoms. The van der Waals surface area contributed by atoms with Gasteiger partial charge in [-0.15, -0.1) is 12.3 Å². The van der Waals surface area contributed by atoms with Crippen molar-refractivity contribution in [2.75, 3.05) is 6.61 Å². The maximum Gasteiger partial charge on any atom is 0.306 e. The van der Waals surface area contributed by atoms with E-state index in [1.54, 1.807) is 26.5 Å². The van der Waals surface area contributed by atoms with E-state index in [9.17, 15) is 14.4 Å². The van der Waals surface area contributed by atoms with Crippen molar-refractivity contribution in [3.8, 4) is 0 Å². The topological polar surface area (TPSA) is 78.9 Å². The predicted octanol–water partition coefficient (Wildman–Crippen LogP) is 0.853. The van der Waals surface area contributed by atoms with E-state index in [4.69, 9.17) is 14.2 Å². The van der Waals surface area contributed by atoms with E-state index in [1.807, 2.05) is 0 Å². The van der Waals surface area contributed by atoms with Crippen LogP contribution in [0.25, 0.3) is 0 Å². The molecule has 0 amide bonds. The number of rotatable bonds is 10. The van der Waals surface area contributed by atoms with Crippen LogP contribution in [0.4, 0.5) is 0 Å². The molecule has 0 fully saturated rings. The van der Waals surface area contributed by atoms with Crippen LogP contribution < -0.4 is 0 Å². The molecular formula is C14H24O6Si. The Balaban J connectivity index is 4.88. The van der Waals surface area contributed by atoms with Gasteiger partial charge in [0.05, 0.1) is 9.52 Å². The molecule has 0 saturated carbocycles. The molecule has 2 unspecified atom stereocenters. The second kappa shape index (κ2) is 11.1. The van der Waals surface area contributed by atoms with Gasteiger partial charge in [-0.05, 0) is 0 Å². The molecule has 0 saturated heterocycles. The van der Waals surface area contributed by atoms with E-state index < -0.39 is 33.3 Å². The van der Waals surface area contributed by atoms with Crippen LogP contribution in [0, 0.1) is 0 Å². The highest BCUT2D eigenvalue weighted by molar-refractivity contribution is 6.44. The highest BCUT2D eigenvalue weighted by Crippen LogP contribution is 2.09. The fourth-order valence-corrected chi connectivity index (χ4v) is 2.59. The molecule has 0 bridgehead atoms. The van der Waals surface area contributed by atoms with Crippen molar-refractivity contribution in [1.82, 2.24) is 0 Å². The zero-order valence-electron chi connectivity index (χ0n) is 12.9. The van der Waals surface area contributed by atoms with Crippen LogP contribution in [0.15, 0.2) is 12.3 Å². The van der Waals surface area contributed by atoms with Crippen molar-refractivity contribution >= 4 is 27.4 Å². The summed E-state index contributed by atoms with van der Waals surface area (Å²) in [6.45, 7) is 8.55. The molecule has 120 valence electrons. The van der Waals surface area contributed by atoms with Gasteiger partial charge >= 0.3 is 17.9 Å². The summed E-state index contributed by atoms with van der Waals surface area (Å²) in [5.41, 5.74) is 1.12. The van der Waals surface area contributed by atoms with Gasteiger partial charge in [-0.1, -0.05) is 20.8 Å². The lowest BCUT2D eigenvalue weighted by Gasteiger charge is -2.25. The molecule has 0 aliphatic heterocycles. The van der Waals surface area contributed by atoms with Gasteiger partial charge in [0.2, 0.25) is 0 Å². The maximum absolute atomic E-state index is 11.5. The zero-order chi connectivity index (χ0) is 16.3. The van der Waals surface area contributed by atoms with Crippen LogP contribution in [0.1, 0.15) is 40.0 Å². The van der Waals surface area contributed by atoms with Crippen LogP contribution >= 0.6 is 0 Å². The molecule has 0 N–H and O–H groups in total. The quantitative estimate of drug-likeness (QED) is 0.338. The standard InChI is InChI=1S/C14H24O6Si/c1-5-11(15)18-9-10(19-12(16)6-2)14(21-8-4)20-13(17)7-3/h8,10,14H,4-7,9,21H2,1-3H3. The van der Waals surface area contributed by atoms with Gasteiger partial charge in [-0.25, -0.2) is 0 Å². The molecule has 0 aliphatic rings. The average molecular weight is 316 g/mol. The Kier molecular flexibility index (Phi) is 10.2. The van der Waals surface area contributed by atoms with Crippen molar-refractivity contribution in [2.45, 2.75) is 51.9 Å². The molecule has 0 radical (unpaired) electrons. The molecule has 21 heavy (non-hydrogen) atoms. The Labute approximate surface area is 127 Å². The molecule has 0 aromatic carbocycles. The Morgan fingerprint density at radius 3 is 2.00 bits per heavy atom. The maximum atomic E-state index is 11.5. The number of hydrogen-bond donors (Lipinski definition) is 0. The van der Waals surface area contributed by atoms with E-state index in [-0.39, 0.29) is 31.8 Å². The summed E-state index contributed by atoms with van der Waals surface area (Å²) in [7, 11) is -1.01. The van der Waals surface area contributed by atoms with E-state index in [2.05, 4.69) is 6.58 Å². The highest BCUT2D eigenvalue weighted by atomic mass is 28.2. The summed E-state index contributed by atoms with van der Waals surface area (Å²) in [5.74, 6) is -1.20. The number of hydrogen-bond acceptors (Lipinski definition) is 6. The summed E-state index contributed by atoms with van der Waals surface area (Å²) in [6, 6.07) is 0. The van der Waals surface area contributed by atoms with E-state index in [1.165, 1.54) is 0 Å². The zero-order valence-corrected chi connectivity index (χ0v) is 14.3. The van der Waals surface area contributed by atoms with Crippen LogP contribution in [-0.2, 0) is 28.6 Å². The smallest absolute Gasteiger partial charge is 0.306 e. The molecule has 2 atom stereocenters. The molecule has 7 heteroatoms. The third-order valence-electron chi connectivity index (χ3n) is 2.65. The lowest BCUT2D eigenvalue weighted by molar-refractivity contribution is -0.169. The largest absolute Gasteiger partial charge is 0.463 e. The minimum atomic E-state index is -1.01. The Morgan fingerprint density at radius 1 is 1.00 bits per heavy atom. The van der Waals surface area contributed by atoms with E-state index in [0.717, 1.165) is 0 Å². The lowest BCUT2D eigenvalue weighted by Crippen LogP contribution is -2.42. The minimum Gasteiger partial charge on any atom is -0.463 e. The fraction of sp³-hybridized carbons (Fsp3) is 0.643. The predicted molar refractivity (Wildman–Crippen MR) is 80.3 cm³/mol. The Bertz CT molecular complexity index is 368. The lowest BCUT2D eigenvalue weighted by atomic mass is 10.3. The molecule has 0 rings (SSSR count). The second-order valence-electron chi connectivity index (χ2n) is 4.32. The molecule has 0 aromatic rings. The minimum absolute atomic E-state index is 0.110. The van der Waals surface area contributed by atoms with Crippen molar-refractivity contribution < 1.29 is 28.6 Å². The molecule has 0 aliphatic carbocycles. The van der Waals surface area contributed by atoms with Crippen molar-refractivity contribution in [1.29, 1.82) is 0 Å². The van der Waals surface area contributed by atoms with Crippen LogP contribution in [-0.4, -0.2) is 45.9 Å². The molecular weight excluding hydrogens is 292 g/mol. The third kappa shape index (κ3) is 8.29. The van der Waals surface area contributed by atoms with Crippen LogP contribution in [0.5, 0.6) is 0 Å². The van der Waals surface area contributed by atoms with Crippen molar-refractivity contribution in [2.24, 2.45) is 0 Å². The first-order valence-electron chi connectivity index (χ1n) is 7.13. The third-order valence-corrected chi connectivity index (χ3v) is 4.14. The SMILES string of the molecule is C=C[SiH2]C(OC(=O)CC)C(COC(=O)CC)OC(=O)CC. The first-order chi connectivity index (χ1) is 9.98. The number of carbonyl (C=O) groups is 3. The number of esters is 3. The Morgan fingerprint density at radius 2 is 1.52 bits per heavy atom. The highest BCUT2D eigenvalue weighted by Gasteiger charge is 2.28. The van der Waals surface area contributed by atoms with E-state index in [0.29, 0.717) is 0 Å². The van der Waals surface area contributed by atoms with Gasteiger partial charge in [0.1, 0.15) is 12.3 Å². The summed E-state index contributed by atoms with van der Waals surface area (Å²) in [4.78, 5) is 34.2. The van der Waals surface area contributed by atoms with Gasteiger partial charge < -0.3 is 14.2 Å². The van der Waals surface area contributed by atoms with Gasteiger partial charge in [0, 0.05) is 19.3 Å². The average Bonchev–Trinajstić information content (AvgIpc) is 2.49. The number of ether oxygens (including phenoxy) is 3. The summed E-state index contributed by atoms with van der Waals surface area (Å²) in [5, 5.41) is 0. The van der Waals surface area contributed by atoms with Gasteiger partial charge in [-0.3, -0.25) is 14.4 Å². The normalized spacial score (nSPS) is 13.5. The monoisotopic (exact) mass is 316 g/mol. The van der Waals surface area contributed by atoms with Gasteiger partial charge in [0.15, 0.2) is 6.10 Å². The van der Waals surface area contributed by atoms with Gasteiger partial charge in [0.25, 0.3) is 0 Å². The first-order valence-corrected chi connectivity index (χ1v) is 8.77. The first kappa shape index (κ1) is 19.4. The molecule has 0 aromatic heterocycles. The van der Waals surface area contributed by atoms with Crippen LogP contribution in [0.3, 0.4) is 0 Å². The summed E-state index contributed by atoms with van der Waals surface area (Å²) < 4.78 is 15.6. The Hall–Kier alpha value is -1.63. The van der Waals surface area contributed by atoms with Gasteiger partial charge in [-0.2, -0.15) is 0 Å². The van der Waals surface area contributed by atoms with E-state index >= 15 is 0 Å². The fourth-order valence-electron chi connectivity index (χ4n) is 1.44. The summed E-state index contributed by atoms with van der Waals surface area (Å²) >= 11 is 0. The molecule has 6 nitrogen and oxygen atoms in total. The second-order valence-corrected chi connectivity index (χ2v) is 6.18. The molecule has 0 heterocycles. The van der Waals surface area contributed by atoms with Crippen LogP contribution in [0.2, 0.25) is 0 Å². The van der Waals surface area contributed by atoms with Crippen molar-refractivity contribution in [3.63, 3.8) is 0 Å².